The van der Waals surface area contributed by atoms with Gasteiger partial charge in [-0.2, -0.15) is 0 Å². The molecule has 1 saturated carbocycles. The molecule has 0 aliphatic heterocycles. The zero-order chi connectivity index (χ0) is 18.2. The van der Waals surface area contributed by atoms with Crippen molar-refractivity contribution in [1.82, 2.24) is 0 Å². The Hall–Kier alpha value is -2.18. The van der Waals surface area contributed by atoms with E-state index in [9.17, 15) is 18.4 Å². The van der Waals surface area contributed by atoms with Gasteiger partial charge in [-0.3, -0.25) is 9.59 Å². The molecule has 130 valence electrons. The van der Waals surface area contributed by atoms with Crippen molar-refractivity contribution in [3.8, 4) is 0 Å². The van der Waals surface area contributed by atoms with Gasteiger partial charge in [-0.25, -0.2) is 8.78 Å². The predicted molar refractivity (Wildman–Crippen MR) is 91.7 cm³/mol. The van der Waals surface area contributed by atoms with Crippen molar-refractivity contribution in [1.29, 1.82) is 0 Å². The second kappa shape index (κ2) is 6.61. The van der Waals surface area contributed by atoms with E-state index in [0.717, 1.165) is 12.1 Å². The normalized spacial score (nSPS) is 14.7. The van der Waals surface area contributed by atoms with Gasteiger partial charge in [-0.05, 0) is 43.2 Å². The summed E-state index contributed by atoms with van der Waals surface area (Å²) in [7, 11) is 0. The molecule has 8 heteroatoms. The molecule has 2 aromatic rings. The van der Waals surface area contributed by atoms with E-state index in [-0.39, 0.29) is 10.7 Å². The van der Waals surface area contributed by atoms with Crippen molar-refractivity contribution >= 4 is 46.4 Å². The van der Waals surface area contributed by atoms with Crippen LogP contribution < -0.4 is 10.6 Å². The van der Waals surface area contributed by atoms with Crippen LogP contribution in [0.1, 0.15) is 12.8 Å². The molecule has 0 saturated heterocycles. The maximum absolute atomic E-state index is 13.2. The fourth-order valence-electron chi connectivity index (χ4n) is 2.34. The Morgan fingerprint density at radius 1 is 0.920 bits per heavy atom. The Balaban J connectivity index is 1.73. The summed E-state index contributed by atoms with van der Waals surface area (Å²) >= 11 is 11.8. The molecular formula is C17H12Cl2F2N2O2. The van der Waals surface area contributed by atoms with Crippen LogP contribution >= 0.6 is 23.2 Å². The first-order valence-corrected chi connectivity index (χ1v) is 8.10. The third-order valence-electron chi connectivity index (χ3n) is 3.98. The summed E-state index contributed by atoms with van der Waals surface area (Å²) in [6.45, 7) is 0. The minimum absolute atomic E-state index is 0.0764. The number of nitrogens with one attached hydrogen (secondary N) is 2. The third kappa shape index (κ3) is 3.60. The first-order valence-electron chi connectivity index (χ1n) is 7.35. The van der Waals surface area contributed by atoms with E-state index in [1.807, 2.05) is 0 Å². The lowest BCUT2D eigenvalue weighted by Crippen LogP contribution is -2.35. The van der Waals surface area contributed by atoms with E-state index in [4.69, 9.17) is 23.2 Å². The molecule has 2 aromatic carbocycles. The van der Waals surface area contributed by atoms with Crippen molar-refractivity contribution in [3.63, 3.8) is 0 Å². The summed E-state index contributed by atoms with van der Waals surface area (Å²) < 4.78 is 26.2. The Morgan fingerprint density at radius 2 is 1.60 bits per heavy atom. The SMILES string of the molecule is O=C(Nc1ccc(F)c(F)c1)C1(C(=O)Nc2ccc(Cl)cc2Cl)CC1. The minimum atomic E-state index is -1.26. The molecular weight excluding hydrogens is 373 g/mol. The number of amides is 2. The van der Waals surface area contributed by atoms with Gasteiger partial charge in [0.05, 0.1) is 10.7 Å². The lowest BCUT2D eigenvalue weighted by molar-refractivity contribution is -0.131. The summed E-state index contributed by atoms with van der Waals surface area (Å²) in [6, 6.07) is 7.55. The standard InChI is InChI=1S/C17H12Cl2F2N2O2/c18-9-1-4-14(11(19)7-9)23-16(25)17(5-6-17)15(24)22-10-2-3-12(20)13(21)8-10/h1-4,7-8H,5-6H2,(H,22,24)(H,23,25). The number of rotatable bonds is 4. The smallest absolute Gasteiger partial charge is 0.240 e. The van der Waals surface area contributed by atoms with Crippen molar-refractivity contribution in [2.24, 2.45) is 5.41 Å². The van der Waals surface area contributed by atoms with Crippen LogP contribution in [0.5, 0.6) is 0 Å². The molecule has 1 aliphatic carbocycles. The van der Waals surface area contributed by atoms with Gasteiger partial charge >= 0.3 is 0 Å². The molecule has 1 aliphatic rings. The van der Waals surface area contributed by atoms with Crippen LogP contribution in [0.25, 0.3) is 0 Å². The first-order chi connectivity index (χ1) is 11.8. The quantitative estimate of drug-likeness (QED) is 0.755. The van der Waals surface area contributed by atoms with Gasteiger partial charge < -0.3 is 10.6 Å². The second-order valence-electron chi connectivity index (χ2n) is 5.74. The highest BCUT2D eigenvalue weighted by molar-refractivity contribution is 6.37. The Labute approximate surface area is 152 Å². The molecule has 3 rings (SSSR count). The van der Waals surface area contributed by atoms with Gasteiger partial charge in [0, 0.05) is 16.8 Å². The molecule has 0 spiro atoms. The van der Waals surface area contributed by atoms with E-state index in [1.54, 1.807) is 6.07 Å². The van der Waals surface area contributed by atoms with Crippen LogP contribution in [-0.4, -0.2) is 11.8 Å². The van der Waals surface area contributed by atoms with Crippen molar-refractivity contribution in [3.05, 3.63) is 58.1 Å². The van der Waals surface area contributed by atoms with Crippen LogP contribution in [0.15, 0.2) is 36.4 Å². The summed E-state index contributed by atoms with van der Waals surface area (Å²) in [6.07, 6.45) is 0.694. The number of hydrogen-bond donors (Lipinski definition) is 2. The molecule has 0 bridgehead atoms. The van der Waals surface area contributed by atoms with Gasteiger partial charge in [-0.15, -0.1) is 0 Å². The number of carbonyl (C=O) groups excluding carboxylic acids is 2. The fraction of sp³-hybridized carbons (Fsp3) is 0.176. The van der Waals surface area contributed by atoms with Gasteiger partial charge in [0.15, 0.2) is 11.6 Å². The number of hydrogen-bond acceptors (Lipinski definition) is 2. The zero-order valence-corrected chi connectivity index (χ0v) is 14.2. The molecule has 1 fully saturated rings. The van der Waals surface area contributed by atoms with E-state index >= 15 is 0 Å². The molecule has 2 amide bonds. The summed E-state index contributed by atoms with van der Waals surface area (Å²) in [5.74, 6) is -3.20. The molecule has 25 heavy (non-hydrogen) atoms. The zero-order valence-electron chi connectivity index (χ0n) is 12.7. The fourth-order valence-corrected chi connectivity index (χ4v) is 2.80. The highest BCUT2D eigenvalue weighted by Gasteiger charge is 2.56. The van der Waals surface area contributed by atoms with Crippen LogP contribution in [0.2, 0.25) is 10.0 Å². The monoisotopic (exact) mass is 384 g/mol. The topological polar surface area (TPSA) is 58.2 Å². The summed E-state index contributed by atoms with van der Waals surface area (Å²) in [4.78, 5) is 24.9. The number of halogens is 4. The summed E-state index contributed by atoms with van der Waals surface area (Å²) in [5, 5.41) is 5.71. The largest absolute Gasteiger partial charge is 0.325 e. The number of anilines is 2. The maximum atomic E-state index is 13.2. The van der Waals surface area contributed by atoms with Crippen LogP contribution in [0, 0.1) is 17.0 Å². The Bertz CT molecular complexity index is 870. The van der Waals surface area contributed by atoms with Gasteiger partial charge in [-0.1, -0.05) is 23.2 Å². The third-order valence-corrected chi connectivity index (χ3v) is 4.52. The minimum Gasteiger partial charge on any atom is -0.325 e. The van der Waals surface area contributed by atoms with Gasteiger partial charge in [0.25, 0.3) is 0 Å². The first kappa shape index (κ1) is 17.6. The number of carbonyl (C=O) groups is 2. The lowest BCUT2D eigenvalue weighted by atomic mass is 10.0. The lowest BCUT2D eigenvalue weighted by Gasteiger charge is -2.16. The molecule has 0 radical (unpaired) electrons. The Morgan fingerprint density at radius 3 is 2.20 bits per heavy atom. The van der Waals surface area contributed by atoms with Crippen molar-refractivity contribution < 1.29 is 18.4 Å². The Kier molecular flexibility index (Phi) is 4.67. The maximum Gasteiger partial charge on any atom is 0.240 e. The average molecular weight is 385 g/mol. The van der Waals surface area contributed by atoms with E-state index < -0.39 is 28.9 Å². The molecule has 0 heterocycles. The van der Waals surface area contributed by atoms with Crippen molar-refractivity contribution in [2.75, 3.05) is 10.6 Å². The molecule has 4 nitrogen and oxygen atoms in total. The van der Waals surface area contributed by atoms with Crippen molar-refractivity contribution in [2.45, 2.75) is 12.8 Å². The number of benzene rings is 2. The predicted octanol–water partition coefficient (Wildman–Crippen LogP) is 4.63. The van der Waals surface area contributed by atoms with Crippen LogP contribution in [0.3, 0.4) is 0 Å². The molecule has 2 N–H and O–H groups in total. The highest BCUT2D eigenvalue weighted by Crippen LogP contribution is 2.48. The van der Waals surface area contributed by atoms with Crippen LogP contribution in [0.4, 0.5) is 20.2 Å². The van der Waals surface area contributed by atoms with Gasteiger partial charge in [0.2, 0.25) is 11.8 Å². The molecule has 0 atom stereocenters. The second-order valence-corrected chi connectivity index (χ2v) is 6.59. The van der Waals surface area contributed by atoms with Gasteiger partial charge in [0.1, 0.15) is 5.41 Å². The molecule has 0 aromatic heterocycles. The van der Waals surface area contributed by atoms with Crippen LogP contribution in [-0.2, 0) is 9.59 Å². The summed E-state index contributed by atoms with van der Waals surface area (Å²) in [5.41, 5.74) is -0.844. The highest BCUT2D eigenvalue weighted by atomic mass is 35.5. The van der Waals surface area contributed by atoms with E-state index in [2.05, 4.69) is 10.6 Å². The van der Waals surface area contributed by atoms with E-state index in [1.165, 1.54) is 18.2 Å². The average Bonchev–Trinajstić information content (AvgIpc) is 3.35. The van der Waals surface area contributed by atoms with E-state index in [0.29, 0.717) is 23.6 Å². The molecule has 0 unspecified atom stereocenters.